The number of rotatable bonds is 16. The Morgan fingerprint density at radius 1 is 0.789 bits per heavy atom. The van der Waals surface area contributed by atoms with Crippen LogP contribution in [0, 0.1) is 0 Å². The van der Waals surface area contributed by atoms with E-state index in [0.29, 0.717) is 31.6 Å². The average Bonchev–Trinajstić information content (AvgIpc) is 2.93. The first-order chi connectivity index (χ1) is 18.4. The molecule has 11 heteroatoms. The molecule has 0 saturated carbocycles. The molecular weight excluding hydrogens is 510 g/mol. The first kappa shape index (κ1) is 30.5. The summed E-state index contributed by atoms with van der Waals surface area (Å²) in [6.07, 6.45) is 1.97. The number of unbranched alkanes of at least 4 members (excludes halogenated alkanes) is 1. The molecule has 2 atom stereocenters. The van der Waals surface area contributed by atoms with Gasteiger partial charge in [-0.1, -0.05) is 60.7 Å². The molecule has 0 spiro atoms. The number of thioether (sulfide) groups is 1. The van der Waals surface area contributed by atoms with Crippen molar-refractivity contribution in [1.29, 1.82) is 0 Å². The van der Waals surface area contributed by atoms with Crippen LogP contribution in [0.25, 0.3) is 0 Å². The van der Waals surface area contributed by atoms with Crippen molar-refractivity contribution in [3.63, 3.8) is 0 Å². The average molecular weight is 546 g/mol. The van der Waals surface area contributed by atoms with Gasteiger partial charge in [0.15, 0.2) is 0 Å². The van der Waals surface area contributed by atoms with Crippen LogP contribution in [0.5, 0.6) is 0 Å². The number of alkyl carbamates (subject to hydrolysis) is 2. The highest BCUT2D eigenvalue weighted by atomic mass is 32.2. The number of nitrogens with one attached hydrogen (secondary N) is 3. The van der Waals surface area contributed by atoms with Gasteiger partial charge in [-0.15, -0.1) is 0 Å². The second-order valence-corrected chi connectivity index (χ2v) is 9.41. The third-order valence-corrected chi connectivity index (χ3v) is 6.09. The summed E-state index contributed by atoms with van der Waals surface area (Å²) in [5.41, 5.74) is 1.68. The number of aliphatic carboxylic acids is 1. The highest BCUT2D eigenvalue weighted by molar-refractivity contribution is 7.98. The van der Waals surface area contributed by atoms with E-state index in [0.717, 1.165) is 11.1 Å². The Hall–Kier alpha value is -3.73. The van der Waals surface area contributed by atoms with Crippen LogP contribution in [0.3, 0.4) is 0 Å². The van der Waals surface area contributed by atoms with Gasteiger partial charge in [-0.2, -0.15) is 11.8 Å². The van der Waals surface area contributed by atoms with Crippen molar-refractivity contribution in [2.24, 2.45) is 0 Å². The number of ether oxygens (including phenoxy) is 2. The molecule has 0 radical (unpaired) electrons. The van der Waals surface area contributed by atoms with Gasteiger partial charge in [-0.25, -0.2) is 14.4 Å². The van der Waals surface area contributed by atoms with Crippen molar-refractivity contribution in [2.45, 2.75) is 51.0 Å². The summed E-state index contributed by atoms with van der Waals surface area (Å²) < 4.78 is 10.3. The van der Waals surface area contributed by atoms with E-state index in [1.165, 1.54) is 11.8 Å². The molecule has 0 fully saturated rings. The Balaban J connectivity index is 1.74. The molecule has 3 amide bonds. The zero-order valence-corrected chi connectivity index (χ0v) is 22.2. The third kappa shape index (κ3) is 12.5. The van der Waals surface area contributed by atoms with Gasteiger partial charge in [-0.05, 0) is 48.8 Å². The number of carbonyl (C=O) groups is 4. The maximum Gasteiger partial charge on any atom is 0.408 e. The van der Waals surface area contributed by atoms with Crippen LogP contribution in [0.1, 0.15) is 36.8 Å². The van der Waals surface area contributed by atoms with Gasteiger partial charge in [0.1, 0.15) is 25.3 Å². The largest absolute Gasteiger partial charge is 0.480 e. The van der Waals surface area contributed by atoms with Crippen molar-refractivity contribution in [2.75, 3.05) is 18.6 Å². The van der Waals surface area contributed by atoms with Gasteiger partial charge in [0, 0.05) is 6.54 Å². The topological polar surface area (TPSA) is 143 Å². The van der Waals surface area contributed by atoms with Crippen molar-refractivity contribution in [3.8, 4) is 0 Å². The summed E-state index contributed by atoms with van der Waals surface area (Å²) in [5.74, 6) is -1.18. The van der Waals surface area contributed by atoms with E-state index >= 15 is 0 Å². The molecule has 2 rings (SSSR count). The highest BCUT2D eigenvalue weighted by Gasteiger charge is 2.26. The SMILES string of the molecule is CSCCC(NC(=O)OCc1ccccc1)C(=O)N[C@@H](CCCCNC(=O)OCc1ccccc1)C(=O)O. The molecule has 38 heavy (non-hydrogen) atoms. The van der Waals surface area contributed by atoms with Gasteiger partial charge in [0.25, 0.3) is 0 Å². The Labute approximate surface area is 226 Å². The van der Waals surface area contributed by atoms with E-state index in [2.05, 4.69) is 16.0 Å². The lowest BCUT2D eigenvalue weighted by atomic mass is 10.1. The quantitative estimate of drug-likeness (QED) is 0.234. The van der Waals surface area contributed by atoms with Gasteiger partial charge in [0.05, 0.1) is 0 Å². The fourth-order valence-electron chi connectivity index (χ4n) is 3.38. The van der Waals surface area contributed by atoms with E-state index in [1.807, 2.05) is 66.9 Å². The molecule has 0 aromatic heterocycles. The first-order valence-electron chi connectivity index (χ1n) is 12.3. The van der Waals surface area contributed by atoms with Crippen LogP contribution in [-0.2, 0) is 32.3 Å². The molecule has 2 aromatic rings. The van der Waals surface area contributed by atoms with Crippen molar-refractivity contribution in [3.05, 3.63) is 71.8 Å². The van der Waals surface area contributed by atoms with Gasteiger partial charge in [0.2, 0.25) is 5.91 Å². The molecule has 206 valence electrons. The predicted octanol–water partition coefficient (Wildman–Crippen LogP) is 3.70. The number of amides is 3. The molecule has 0 heterocycles. The van der Waals surface area contributed by atoms with Crippen LogP contribution < -0.4 is 16.0 Å². The lowest BCUT2D eigenvalue weighted by Gasteiger charge is -2.21. The Kier molecular flexibility index (Phi) is 14.2. The molecule has 2 aromatic carbocycles. The minimum atomic E-state index is -1.18. The van der Waals surface area contributed by atoms with E-state index in [-0.39, 0.29) is 19.6 Å². The number of benzene rings is 2. The van der Waals surface area contributed by atoms with E-state index in [9.17, 15) is 24.3 Å². The smallest absolute Gasteiger partial charge is 0.408 e. The van der Waals surface area contributed by atoms with Gasteiger partial charge in [-0.3, -0.25) is 4.79 Å². The fourth-order valence-corrected chi connectivity index (χ4v) is 3.85. The summed E-state index contributed by atoms with van der Waals surface area (Å²) in [5, 5.41) is 17.2. The minimum absolute atomic E-state index is 0.0507. The van der Waals surface area contributed by atoms with Crippen LogP contribution in [0.15, 0.2) is 60.7 Å². The summed E-state index contributed by atoms with van der Waals surface area (Å²) in [6, 6.07) is 16.3. The number of carboxylic acids is 1. The Morgan fingerprint density at radius 3 is 1.92 bits per heavy atom. The maximum absolute atomic E-state index is 12.8. The molecule has 0 aliphatic heterocycles. The zero-order chi connectivity index (χ0) is 27.6. The summed E-state index contributed by atoms with van der Waals surface area (Å²) in [6.45, 7) is 0.513. The number of hydrogen-bond acceptors (Lipinski definition) is 7. The monoisotopic (exact) mass is 545 g/mol. The number of carbonyl (C=O) groups excluding carboxylic acids is 3. The fraction of sp³-hybridized carbons (Fsp3) is 0.407. The number of hydrogen-bond donors (Lipinski definition) is 4. The normalized spacial score (nSPS) is 12.0. The second kappa shape index (κ2) is 17.7. The van der Waals surface area contributed by atoms with E-state index in [4.69, 9.17) is 9.47 Å². The van der Waals surface area contributed by atoms with E-state index in [1.54, 1.807) is 0 Å². The van der Waals surface area contributed by atoms with Crippen LogP contribution in [0.4, 0.5) is 9.59 Å². The zero-order valence-electron chi connectivity index (χ0n) is 21.4. The highest BCUT2D eigenvalue weighted by Crippen LogP contribution is 2.07. The van der Waals surface area contributed by atoms with E-state index < -0.39 is 36.1 Å². The predicted molar refractivity (Wildman–Crippen MR) is 145 cm³/mol. The Morgan fingerprint density at radius 2 is 1.37 bits per heavy atom. The Bertz CT molecular complexity index is 1010. The summed E-state index contributed by atoms with van der Waals surface area (Å²) >= 11 is 1.50. The lowest BCUT2D eigenvalue weighted by molar-refractivity contribution is -0.142. The third-order valence-electron chi connectivity index (χ3n) is 5.45. The maximum atomic E-state index is 12.8. The van der Waals surface area contributed by atoms with Gasteiger partial charge < -0.3 is 30.5 Å². The standard InChI is InChI=1S/C27H35N3O7S/c1-38-17-15-22(30-27(35)37-19-21-12-6-3-7-13-21)24(31)29-23(25(32)33)14-8-9-16-28-26(34)36-18-20-10-4-2-5-11-20/h2-7,10-13,22-23H,8-9,14-19H2,1H3,(H,28,34)(H,29,31)(H,30,35)(H,32,33)/t22?,23-/m0/s1. The van der Waals surface area contributed by atoms with Crippen molar-refractivity contribution >= 4 is 35.8 Å². The van der Waals surface area contributed by atoms with Crippen molar-refractivity contribution in [1.82, 2.24) is 16.0 Å². The molecule has 0 bridgehead atoms. The van der Waals surface area contributed by atoms with Crippen molar-refractivity contribution < 1.29 is 33.8 Å². The van der Waals surface area contributed by atoms with Crippen LogP contribution >= 0.6 is 11.8 Å². The van der Waals surface area contributed by atoms with Crippen LogP contribution in [-0.4, -0.2) is 59.8 Å². The second-order valence-electron chi connectivity index (χ2n) is 8.42. The minimum Gasteiger partial charge on any atom is -0.480 e. The van der Waals surface area contributed by atoms with Crippen LogP contribution in [0.2, 0.25) is 0 Å². The molecule has 10 nitrogen and oxygen atoms in total. The molecule has 1 unspecified atom stereocenters. The molecule has 4 N–H and O–H groups in total. The number of carboxylic acid groups (broad SMARTS) is 1. The summed E-state index contributed by atoms with van der Waals surface area (Å²) in [4.78, 5) is 48.6. The molecule has 0 saturated heterocycles. The lowest BCUT2D eigenvalue weighted by Crippen LogP contribution is -2.51. The molecule has 0 aliphatic rings. The summed E-state index contributed by atoms with van der Waals surface area (Å²) in [7, 11) is 0. The molecule has 0 aliphatic carbocycles. The molecular formula is C27H35N3O7S. The van der Waals surface area contributed by atoms with Gasteiger partial charge >= 0.3 is 18.2 Å². The first-order valence-corrected chi connectivity index (χ1v) is 13.7.